The molecule has 0 saturated carbocycles. The summed E-state index contributed by atoms with van der Waals surface area (Å²) >= 11 is 0. The highest BCUT2D eigenvalue weighted by atomic mass is 35.5. The lowest BCUT2D eigenvalue weighted by atomic mass is 9.89. The monoisotopic (exact) mass is 177 g/mol. The SMILES string of the molecule is CC1CC(=O)CC(C)(C)N1.Cl. The van der Waals surface area contributed by atoms with Crippen molar-refractivity contribution in [2.75, 3.05) is 0 Å². The fourth-order valence-electron chi connectivity index (χ4n) is 1.68. The molecule has 0 aromatic carbocycles. The van der Waals surface area contributed by atoms with Crippen LogP contribution in [0.5, 0.6) is 0 Å². The van der Waals surface area contributed by atoms with Crippen LogP contribution in [0.3, 0.4) is 0 Å². The van der Waals surface area contributed by atoms with Crippen LogP contribution in [0.15, 0.2) is 0 Å². The van der Waals surface area contributed by atoms with Crippen molar-refractivity contribution in [2.24, 2.45) is 0 Å². The summed E-state index contributed by atoms with van der Waals surface area (Å²) in [4.78, 5) is 11.0. The number of rotatable bonds is 0. The molecule has 1 fully saturated rings. The van der Waals surface area contributed by atoms with E-state index in [4.69, 9.17) is 0 Å². The highest BCUT2D eigenvalue weighted by Crippen LogP contribution is 2.17. The minimum Gasteiger partial charge on any atom is -0.308 e. The van der Waals surface area contributed by atoms with Crippen molar-refractivity contribution in [3.63, 3.8) is 0 Å². The molecule has 1 aliphatic heterocycles. The van der Waals surface area contributed by atoms with E-state index < -0.39 is 0 Å². The summed E-state index contributed by atoms with van der Waals surface area (Å²) in [6.07, 6.45) is 1.38. The molecule has 1 rings (SSSR count). The number of hydrogen-bond acceptors (Lipinski definition) is 2. The number of carbonyl (C=O) groups excluding carboxylic acids is 1. The van der Waals surface area contributed by atoms with Crippen molar-refractivity contribution in [3.8, 4) is 0 Å². The van der Waals surface area contributed by atoms with E-state index in [1.165, 1.54) is 0 Å². The van der Waals surface area contributed by atoms with Crippen molar-refractivity contribution in [3.05, 3.63) is 0 Å². The summed E-state index contributed by atoms with van der Waals surface area (Å²) in [5.41, 5.74) is 0.0226. The highest BCUT2D eigenvalue weighted by Gasteiger charge is 2.29. The van der Waals surface area contributed by atoms with E-state index >= 15 is 0 Å². The van der Waals surface area contributed by atoms with E-state index in [1.807, 2.05) is 0 Å². The lowest BCUT2D eigenvalue weighted by Gasteiger charge is -2.34. The zero-order valence-corrected chi connectivity index (χ0v) is 8.12. The Hall–Kier alpha value is -0.0800. The molecule has 0 spiro atoms. The molecule has 0 bridgehead atoms. The van der Waals surface area contributed by atoms with Gasteiger partial charge in [0.1, 0.15) is 5.78 Å². The van der Waals surface area contributed by atoms with Crippen LogP contribution in [0.25, 0.3) is 0 Å². The minimum atomic E-state index is 0. The van der Waals surface area contributed by atoms with E-state index in [0.717, 1.165) is 0 Å². The second kappa shape index (κ2) is 3.55. The number of ketones is 1. The van der Waals surface area contributed by atoms with Gasteiger partial charge in [0, 0.05) is 24.4 Å². The molecule has 0 radical (unpaired) electrons. The summed E-state index contributed by atoms with van der Waals surface area (Å²) in [5, 5.41) is 3.37. The van der Waals surface area contributed by atoms with Gasteiger partial charge in [-0.25, -0.2) is 0 Å². The van der Waals surface area contributed by atoms with Gasteiger partial charge in [0.05, 0.1) is 0 Å². The molecule has 1 atom stereocenters. The second-order valence-corrected chi connectivity index (χ2v) is 3.85. The number of nitrogens with one attached hydrogen (secondary N) is 1. The number of carbonyl (C=O) groups is 1. The average Bonchev–Trinajstić information content (AvgIpc) is 1.54. The fraction of sp³-hybridized carbons (Fsp3) is 0.875. The number of Topliss-reactive ketones (excluding diaryl/α,β-unsaturated/α-hetero) is 1. The van der Waals surface area contributed by atoms with Crippen molar-refractivity contribution >= 4 is 18.2 Å². The molecular formula is C8H16ClNO. The van der Waals surface area contributed by atoms with E-state index in [9.17, 15) is 4.79 Å². The minimum absolute atomic E-state index is 0. The first kappa shape index (κ1) is 10.9. The van der Waals surface area contributed by atoms with Crippen LogP contribution in [-0.2, 0) is 4.79 Å². The first-order chi connectivity index (χ1) is 4.49. The van der Waals surface area contributed by atoms with Crippen LogP contribution in [-0.4, -0.2) is 17.4 Å². The molecular weight excluding hydrogens is 162 g/mol. The van der Waals surface area contributed by atoms with Gasteiger partial charge in [-0.1, -0.05) is 0 Å². The normalized spacial score (nSPS) is 29.4. The first-order valence-electron chi connectivity index (χ1n) is 3.79. The van der Waals surface area contributed by atoms with Gasteiger partial charge in [0.2, 0.25) is 0 Å². The van der Waals surface area contributed by atoms with E-state index in [-0.39, 0.29) is 17.9 Å². The van der Waals surface area contributed by atoms with E-state index in [2.05, 4.69) is 26.1 Å². The number of piperidine rings is 1. The number of hydrogen-bond donors (Lipinski definition) is 1. The maximum atomic E-state index is 11.0. The largest absolute Gasteiger partial charge is 0.308 e. The molecule has 2 nitrogen and oxygen atoms in total. The standard InChI is InChI=1S/C8H15NO.ClH/c1-6-4-7(10)5-8(2,3)9-6;/h6,9H,4-5H2,1-3H3;1H. The summed E-state index contributed by atoms with van der Waals surface area (Å²) in [5.74, 6) is 0.385. The van der Waals surface area contributed by atoms with Crippen LogP contribution in [0, 0.1) is 0 Å². The fourth-order valence-corrected chi connectivity index (χ4v) is 1.68. The summed E-state index contributed by atoms with van der Waals surface area (Å²) in [6.45, 7) is 6.19. The van der Waals surface area contributed by atoms with Gasteiger partial charge >= 0.3 is 0 Å². The summed E-state index contributed by atoms with van der Waals surface area (Å²) in [7, 11) is 0. The molecule has 0 amide bonds. The van der Waals surface area contributed by atoms with Crippen LogP contribution < -0.4 is 5.32 Å². The maximum absolute atomic E-state index is 11.0. The lowest BCUT2D eigenvalue weighted by molar-refractivity contribution is -0.122. The Morgan fingerprint density at radius 3 is 2.45 bits per heavy atom. The van der Waals surface area contributed by atoms with Gasteiger partial charge in [-0.2, -0.15) is 0 Å². The summed E-state index contributed by atoms with van der Waals surface area (Å²) in [6, 6.07) is 0.358. The molecule has 1 heterocycles. The third-order valence-electron chi connectivity index (χ3n) is 1.81. The second-order valence-electron chi connectivity index (χ2n) is 3.85. The molecule has 1 unspecified atom stereocenters. The third-order valence-corrected chi connectivity index (χ3v) is 1.81. The predicted molar refractivity (Wildman–Crippen MR) is 48.2 cm³/mol. The van der Waals surface area contributed by atoms with Gasteiger partial charge in [0.25, 0.3) is 0 Å². The molecule has 0 aromatic rings. The van der Waals surface area contributed by atoms with Crippen molar-refractivity contribution < 1.29 is 4.79 Å². The van der Waals surface area contributed by atoms with Crippen LogP contribution in [0.4, 0.5) is 0 Å². The smallest absolute Gasteiger partial charge is 0.136 e. The zero-order chi connectivity index (χ0) is 7.78. The molecule has 1 aliphatic rings. The predicted octanol–water partition coefficient (Wildman–Crippen LogP) is 1.53. The van der Waals surface area contributed by atoms with E-state index in [0.29, 0.717) is 24.7 Å². The molecule has 11 heavy (non-hydrogen) atoms. The third kappa shape index (κ3) is 3.21. The van der Waals surface area contributed by atoms with Crippen LogP contribution in [0.1, 0.15) is 33.6 Å². The highest BCUT2D eigenvalue weighted by molar-refractivity contribution is 5.85. The zero-order valence-electron chi connectivity index (χ0n) is 7.31. The molecule has 0 aliphatic carbocycles. The average molecular weight is 178 g/mol. The van der Waals surface area contributed by atoms with Gasteiger partial charge < -0.3 is 5.32 Å². The quantitative estimate of drug-likeness (QED) is 0.608. The summed E-state index contributed by atoms with van der Waals surface area (Å²) < 4.78 is 0. The topological polar surface area (TPSA) is 29.1 Å². The molecule has 66 valence electrons. The Labute approximate surface area is 74.2 Å². The van der Waals surface area contributed by atoms with Gasteiger partial charge in [-0.15, -0.1) is 12.4 Å². The van der Waals surface area contributed by atoms with Gasteiger partial charge in [-0.3, -0.25) is 4.79 Å². The maximum Gasteiger partial charge on any atom is 0.136 e. The Morgan fingerprint density at radius 1 is 1.55 bits per heavy atom. The first-order valence-corrected chi connectivity index (χ1v) is 3.79. The molecule has 0 aromatic heterocycles. The molecule has 1 N–H and O–H groups in total. The molecule has 3 heteroatoms. The van der Waals surface area contributed by atoms with Crippen molar-refractivity contribution in [1.29, 1.82) is 0 Å². The Balaban J connectivity index is 0.000001000. The Kier molecular flexibility index (Phi) is 3.52. The number of halogens is 1. The van der Waals surface area contributed by atoms with Gasteiger partial charge in [-0.05, 0) is 20.8 Å². The van der Waals surface area contributed by atoms with Gasteiger partial charge in [0.15, 0.2) is 0 Å². The Bertz CT molecular complexity index is 156. The Morgan fingerprint density at radius 2 is 2.09 bits per heavy atom. The molecule has 1 saturated heterocycles. The lowest BCUT2D eigenvalue weighted by Crippen LogP contribution is -2.51. The van der Waals surface area contributed by atoms with Crippen molar-refractivity contribution in [1.82, 2.24) is 5.32 Å². The van der Waals surface area contributed by atoms with Crippen LogP contribution >= 0.6 is 12.4 Å². The van der Waals surface area contributed by atoms with Crippen molar-refractivity contribution in [2.45, 2.75) is 45.2 Å². The van der Waals surface area contributed by atoms with Crippen LogP contribution in [0.2, 0.25) is 0 Å². The van der Waals surface area contributed by atoms with E-state index in [1.54, 1.807) is 0 Å².